The van der Waals surface area contributed by atoms with E-state index in [0.717, 1.165) is 41.9 Å². The minimum absolute atomic E-state index is 0.0474. The first-order chi connectivity index (χ1) is 13.8. The lowest BCUT2D eigenvalue weighted by Crippen LogP contribution is -2.47. The van der Waals surface area contributed by atoms with Gasteiger partial charge >= 0.3 is 0 Å². The first-order valence-corrected chi connectivity index (χ1v) is 11.0. The molecule has 5 nitrogen and oxygen atoms in total. The van der Waals surface area contributed by atoms with E-state index in [-0.39, 0.29) is 29.7 Å². The van der Waals surface area contributed by atoms with E-state index in [1.807, 2.05) is 24.3 Å². The number of benzene rings is 1. The predicted octanol–water partition coefficient (Wildman–Crippen LogP) is 4.40. The fraction of sp³-hybridized carbons (Fsp3) is 0.583. The molecule has 0 saturated heterocycles. The molecule has 0 unspecified atom stereocenters. The van der Waals surface area contributed by atoms with Crippen molar-refractivity contribution >= 4 is 23.1 Å². The lowest BCUT2D eigenvalue weighted by molar-refractivity contribution is -0.121. The summed E-state index contributed by atoms with van der Waals surface area (Å²) in [6.07, 6.45) is 7.19. The van der Waals surface area contributed by atoms with Gasteiger partial charge in [0.25, 0.3) is 0 Å². The monoisotopic (exact) mass is 395 g/mol. The molecule has 1 saturated carbocycles. The largest absolute Gasteiger partial charge is 0.357 e. The number of amides is 1. The summed E-state index contributed by atoms with van der Waals surface area (Å²) in [5.41, 5.74) is 3.76. The van der Waals surface area contributed by atoms with E-state index >= 15 is 0 Å². The molecule has 0 aromatic heterocycles. The molecule has 1 aromatic carbocycles. The van der Waals surface area contributed by atoms with Gasteiger partial charge in [-0.25, -0.2) is 0 Å². The van der Waals surface area contributed by atoms with Crippen LogP contribution in [-0.4, -0.2) is 30.3 Å². The Morgan fingerprint density at radius 2 is 1.90 bits per heavy atom. The minimum Gasteiger partial charge on any atom is -0.357 e. The molecule has 1 aliphatic heterocycles. The Balaban J connectivity index is 1.63. The molecule has 3 aliphatic rings. The second-order valence-corrected chi connectivity index (χ2v) is 9.68. The van der Waals surface area contributed by atoms with Gasteiger partial charge in [-0.15, -0.1) is 0 Å². The van der Waals surface area contributed by atoms with Crippen molar-refractivity contribution in [2.75, 3.05) is 16.8 Å². The number of hydrogen-bond acceptors (Lipinski definition) is 4. The molecule has 0 radical (unpaired) electrons. The van der Waals surface area contributed by atoms with E-state index in [0.29, 0.717) is 12.5 Å². The fourth-order valence-electron chi connectivity index (χ4n) is 5.18. The smallest absolute Gasteiger partial charge is 0.239 e. The van der Waals surface area contributed by atoms with E-state index in [4.69, 9.17) is 0 Å². The van der Waals surface area contributed by atoms with Gasteiger partial charge in [-0.1, -0.05) is 45.2 Å². The molecule has 1 amide bonds. The highest BCUT2D eigenvalue weighted by Crippen LogP contribution is 2.43. The lowest BCUT2D eigenvalue weighted by Gasteiger charge is -2.36. The van der Waals surface area contributed by atoms with E-state index in [1.165, 1.54) is 19.3 Å². The molecule has 4 rings (SSSR count). The number of nitrogens with zero attached hydrogens (tertiary/aromatic N) is 1. The Kier molecular flexibility index (Phi) is 5.41. The van der Waals surface area contributed by atoms with Gasteiger partial charge in [-0.2, -0.15) is 0 Å². The standard InChI is InChI=1S/C24H33N3O2/c1-16-23-19(13-24(2,3)14-21(23)28)26-18-11-7-8-12-20(18)27(16)15-22(29)25-17-9-5-4-6-10-17/h7-8,11-12,16-17,26H,4-6,9-10,13-15H2,1-3H3,(H,25,29)/t16-/m0/s1. The second-order valence-electron chi connectivity index (χ2n) is 9.68. The molecular formula is C24H33N3O2. The third-order valence-electron chi connectivity index (χ3n) is 6.59. The Morgan fingerprint density at radius 3 is 2.66 bits per heavy atom. The van der Waals surface area contributed by atoms with Gasteiger partial charge in [0.2, 0.25) is 5.91 Å². The number of anilines is 2. The molecule has 2 aliphatic carbocycles. The number of carbonyl (C=O) groups is 2. The summed E-state index contributed by atoms with van der Waals surface area (Å²) < 4.78 is 0. The Bertz CT molecular complexity index is 836. The summed E-state index contributed by atoms with van der Waals surface area (Å²) in [5, 5.41) is 6.78. The third kappa shape index (κ3) is 4.19. The van der Waals surface area contributed by atoms with Crippen molar-refractivity contribution in [2.45, 2.75) is 77.8 Å². The highest BCUT2D eigenvalue weighted by molar-refractivity contribution is 6.01. The first-order valence-electron chi connectivity index (χ1n) is 11.0. The second kappa shape index (κ2) is 7.85. The summed E-state index contributed by atoms with van der Waals surface area (Å²) in [6.45, 7) is 6.62. The van der Waals surface area contributed by atoms with Gasteiger partial charge in [0.1, 0.15) is 0 Å². The van der Waals surface area contributed by atoms with Crippen LogP contribution in [0.3, 0.4) is 0 Å². The normalized spacial score (nSPS) is 24.3. The molecule has 156 valence electrons. The number of Topliss-reactive ketones (excluding diaryl/α,β-unsaturated/α-hetero) is 1. The number of hydrogen-bond donors (Lipinski definition) is 2. The molecule has 1 aromatic rings. The molecule has 2 N–H and O–H groups in total. The molecule has 29 heavy (non-hydrogen) atoms. The van der Waals surface area contributed by atoms with Crippen molar-refractivity contribution in [1.29, 1.82) is 0 Å². The van der Waals surface area contributed by atoms with Crippen LogP contribution in [0.2, 0.25) is 0 Å². The Labute approximate surface area is 173 Å². The van der Waals surface area contributed by atoms with Crippen LogP contribution in [0.4, 0.5) is 11.4 Å². The van der Waals surface area contributed by atoms with Gasteiger partial charge in [-0.3, -0.25) is 9.59 Å². The topological polar surface area (TPSA) is 61.4 Å². The summed E-state index contributed by atoms with van der Waals surface area (Å²) in [7, 11) is 0. The van der Waals surface area contributed by atoms with Crippen LogP contribution in [0.15, 0.2) is 35.5 Å². The summed E-state index contributed by atoms with van der Waals surface area (Å²) in [4.78, 5) is 28.1. The quantitative estimate of drug-likeness (QED) is 0.796. The first kappa shape index (κ1) is 20.0. The van der Waals surface area contributed by atoms with Crippen LogP contribution in [-0.2, 0) is 9.59 Å². The number of para-hydroxylation sites is 2. The van der Waals surface area contributed by atoms with Gasteiger partial charge in [0, 0.05) is 23.7 Å². The molecular weight excluding hydrogens is 362 g/mol. The zero-order valence-electron chi connectivity index (χ0n) is 17.9. The maximum atomic E-state index is 13.1. The molecule has 1 atom stereocenters. The van der Waals surface area contributed by atoms with E-state index < -0.39 is 0 Å². The van der Waals surface area contributed by atoms with Crippen LogP contribution in [0.25, 0.3) is 0 Å². The van der Waals surface area contributed by atoms with Crippen molar-refractivity contribution in [1.82, 2.24) is 5.32 Å². The maximum absolute atomic E-state index is 13.1. The fourth-order valence-corrected chi connectivity index (χ4v) is 5.18. The SMILES string of the molecule is C[C@H]1C2=C(CC(C)(C)CC2=O)Nc2ccccc2N1CC(=O)NC1CCCCC1. The van der Waals surface area contributed by atoms with Crippen molar-refractivity contribution in [3.05, 3.63) is 35.5 Å². The number of rotatable bonds is 3. The van der Waals surface area contributed by atoms with Gasteiger partial charge < -0.3 is 15.5 Å². The van der Waals surface area contributed by atoms with Crippen LogP contribution < -0.4 is 15.5 Å². The number of nitrogens with one attached hydrogen (secondary N) is 2. The number of allylic oxidation sites excluding steroid dienone is 1. The van der Waals surface area contributed by atoms with Crippen LogP contribution in [0.1, 0.15) is 65.7 Å². The Hall–Kier alpha value is -2.30. The summed E-state index contributed by atoms with van der Waals surface area (Å²) >= 11 is 0. The van der Waals surface area contributed by atoms with Gasteiger partial charge in [0.05, 0.1) is 24.0 Å². The highest BCUT2D eigenvalue weighted by Gasteiger charge is 2.39. The third-order valence-corrected chi connectivity index (χ3v) is 6.59. The van der Waals surface area contributed by atoms with E-state index in [9.17, 15) is 9.59 Å². The Morgan fingerprint density at radius 1 is 1.17 bits per heavy atom. The average molecular weight is 396 g/mol. The zero-order chi connectivity index (χ0) is 20.6. The van der Waals surface area contributed by atoms with Gasteiger partial charge in [-0.05, 0) is 43.7 Å². The van der Waals surface area contributed by atoms with Crippen LogP contribution in [0, 0.1) is 5.41 Å². The molecule has 0 spiro atoms. The van der Waals surface area contributed by atoms with Crippen molar-refractivity contribution in [3.8, 4) is 0 Å². The summed E-state index contributed by atoms with van der Waals surface area (Å²) in [5.74, 6) is 0.243. The number of carbonyl (C=O) groups excluding carboxylic acids is 2. The molecule has 1 fully saturated rings. The molecule has 5 heteroatoms. The maximum Gasteiger partial charge on any atom is 0.239 e. The van der Waals surface area contributed by atoms with Gasteiger partial charge in [0.15, 0.2) is 5.78 Å². The van der Waals surface area contributed by atoms with Crippen LogP contribution in [0.5, 0.6) is 0 Å². The van der Waals surface area contributed by atoms with E-state index in [2.05, 4.69) is 36.3 Å². The molecule has 1 heterocycles. The van der Waals surface area contributed by atoms with Crippen molar-refractivity contribution in [3.63, 3.8) is 0 Å². The van der Waals surface area contributed by atoms with Crippen molar-refractivity contribution < 1.29 is 9.59 Å². The predicted molar refractivity (Wildman–Crippen MR) is 117 cm³/mol. The lowest BCUT2D eigenvalue weighted by atomic mass is 9.74. The molecule has 0 bridgehead atoms. The van der Waals surface area contributed by atoms with Crippen molar-refractivity contribution in [2.24, 2.45) is 5.41 Å². The average Bonchev–Trinajstić information content (AvgIpc) is 2.76. The number of ketones is 1. The van der Waals surface area contributed by atoms with Crippen LogP contribution >= 0.6 is 0 Å². The minimum atomic E-state index is -0.137. The zero-order valence-corrected chi connectivity index (χ0v) is 17.9. The number of fused-ring (bicyclic) bond motifs is 1. The highest BCUT2D eigenvalue weighted by atomic mass is 16.2. The van der Waals surface area contributed by atoms with E-state index in [1.54, 1.807) is 0 Å². The summed E-state index contributed by atoms with van der Waals surface area (Å²) in [6, 6.07) is 8.23.